The van der Waals surface area contributed by atoms with Gasteiger partial charge in [0.2, 0.25) is 0 Å². The van der Waals surface area contributed by atoms with E-state index in [9.17, 15) is 0 Å². The third-order valence-corrected chi connectivity index (χ3v) is 7.96. The summed E-state index contributed by atoms with van der Waals surface area (Å²) in [7, 11) is 2.09. The first-order chi connectivity index (χ1) is 20.2. The topological polar surface area (TPSA) is 35.6 Å². The number of aryl methyl sites for hydroxylation is 1. The molecule has 3 aromatic heterocycles. The van der Waals surface area contributed by atoms with Crippen LogP contribution in [-0.2, 0) is 7.05 Å². The molecule has 4 heteroatoms. The van der Waals surface area contributed by atoms with Crippen molar-refractivity contribution in [1.82, 2.24) is 19.1 Å². The molecule has 41 heavy (non-hydrogen) atoms. The lowest BCUT2D eigenvalue weighted by atomic mass is 10.00. The number of aromatic nitrogens is 4. The van der Waals surface area contributed by atoms with Crippen LogP contribution in [0.3, 0.4) is 0 Å². The maximum atomic E-state index is 5.00. The van der Waals surface area contributed by atoms with E-state index >= 15 is 0 Å². The minimum absolute atomic E-state index is 0.952. The average molecular weight is 527 g/mol. The van der Waals surface area contributed by atoms with Crippen LogP contribution >= 0.6 is 0 Å². The van der Waals surface area contributed by atoms with Crippen molar-refractivity contribution in [3.63, 3.8) is 0 Å². The first-order valence-electron chi connectivity index (χ1n) is 13.8. The van der Waals surface area contributed by atoms with Gasteiger partial charge in [0, 0.05) is 40.8 Å². The highest BCUT2D eigenvalue weighted by atomic mass is 15.1. The number of fused-ring (bicyclic) bond motifs is 4. The smallest absolute Gasteiger partial charge is 0.140 e. The Morgan fingerprint density at radius 2 is 1.24 bits per heavy atom. The summed E-state index contributed by atoms with van der Waals surface area (Å²) in [5.74, 6) is 0.956. The lowest BCUT2D eigenvalue weighted by Crippen LogP contribution is -1.97. The van der Waals surface area contributed by atoms with Crippen LogP contribution in [0, 0.1) is 0 Å². The van der Waals surface area contributed by atoms with Crippen molar-refractivity contribution in [3.8, 4) is 39.5 Å². The van der Waals surface area contributed by atoms with Crippen molar-refractivity contribution in [2.75, 3.05) is 0 Å². The molecule has 0 spiro atoms. The first-order valence-corrected chi connectivity index (χ1v) is 13.8. The van der Waals surface area contributed by atoms with Gasteiger partial charge in [-0.3, -0.25) is 4.98 Å². The van der Waals surface area contributed by atoms with Crippen LogP contribution in [0.25, 0.3) is 72.3 Å². The zero-order valence-corrected chi connectivity index (χ0v) is 22.6. The van der Waals surface area contributed by atoms with Crippen molar-refractivity contribution in [2.24, 2.45) is 7.05 Å². The fourth-order valence-electron chi connectivity index (χ4n) is 6.01. The van der Waals surface area contributed by atoms with Gasteiger partial charge in [0.15, 0.2) is 0 Å². The molecule has 0 unspecified atom stereocenters. The average Bonchev–Trinajstić information content (AvgIpc) is 3.56. The molecule has 8 rings (SSSR count). The van der Waals surface area contributed by atoms with Crippen LogP contribution in [0.1, 0.15) is 0 Å². The number of pyridine rings is 1. The molecule has 194 valence electrons. The molecular weight excluding hydrogens is 500 g/mol. The summed E-state index contributed by atoms with van der Waals surface area (Å²) in [5, 5.41) is 2.44. The minimum Gasteiger partial charge on any atom is -0.327 e. The fourth-order valence-corrected chi connectivity index (χ4v) is 6.01. The van der Waals surface area contributed by atoms with Crippen molar-refractivity contribution in [3.05, 3.63) is 140 Å². The maximum Gasteiger partial charge on any atom is 0.140 e. The van der Waals surface area contributed by atoms with Crippen molar-refractivity contribution in [1.29, 1.82) is 0 Å². The van der Waals surface area contributed by atoms with E-state index in [4.69, 9.17) is 9.97 Å². The van der Waals surface area contributed by atoms with E-state index in [-0.39, 0.29) is 0 Å². The summed E-state index contributed by atoms with van der Waals surface area (Å²) in [6.07, 6.45) is 1.85. The highest BCUT2D eigenvalue weighted by molar-refractivity contribution is 6.10. The summed E-state index contributed by atoms with van der Waals surface area (Å²) < 4.78 is 4.56. The molecule has 4 nitrogen and oxygen atoms in total. The Balaban J connectivity index is 1.42. The van der Waals surface area contributed by atoms with Crippen molar-refractivity contribution < 1.29 is 0 Å². The zero-order chi connectivity index (χ0) is 27.3. The third kappa shape index (κ3) is 3.84. The molecule has 0 aliphatic rings. The molecule has 3 heterocycles. The first kappa shape index (κ1) is 23.4. The summed E-state index contributed by atoms with van der Waals surface area (Å²) >= 11 is 0. The third-order valence-electron chi connectivity index (χ3n) is 7.96. The molecule has 0 atom stereocenters. The molecule has 0 radical (unpaired) electrons. The second kappa shape index (κ2) is 9.32. The van der Waals surface area contributed by atoms with Gasteiger partial charge >= 0.3 is 0 Å². The van der Waals surface area contributed by atoms with Crippen molar-refractivity contribution >= 4 is 32.8 Å². The molecule has 8 aromatic rings. The van der Waals surface area contributed by atoms with Gasteiger partial charge in [-0.15, -0.1) is 0 Å². The van der Waals surface area contributed by atoms with E-state index in [1.54, 1.807) is 0 Å². The van der Waals surface area contributed by atoms with E-state index in [2.05, 4.69) is 131 Å². The second-order valence-corrected chi connectivity index (χ2v) is 10.4. The van der Waals surface area contributed by atoms with Gasteiger partial charge in [0.25, 0.3) is 0 Å². The number of hydrogen-bond donors (Lipinski definition) is 0. The molecule has 0 bridgehead atoms. The molecule has 5 aromatic carbocycles. The molecule has 0 aliphatic carbocycles. The van der Waals surface area contributed by atoms with Crippen LogP contribution in [0.5, 0.6) is 0 Å². The van der Waals surface area contributed by atoms with Crippen LogP contribution in [-0.4, -0.2) is 19.1 Å². The van der Waals surface area contributed by atoms with E-state index in [0.717, 1.165) is 50.4 Å². The van der Waals surface area contributed by atoms with Crippen LogP contribution in [0.2, 0.25) is 0 Å². The number of imidazole rings is 1. The van der Waals surface area contributed by atoms with E-state index in [0.29, 0.717) is 0 Å². The fraction of sp³-hybridized carbons (Fsp3) is 0.0270. The second-order valence-electron chi connectivity index (χ2n) is 10.4. The normalized spacial score (nSPS) is 11.5. The van der Waals surface area contributed by atoms with Gasteiger partial charge in [-0.25, -0.2) is 4.98 Å². The summed E-state index contributed by atoms with van der Waals surface area (Å²) in [6.45, 7) is 0. The Morgan fingerprint density at radius 1 is 0.512 bits per heavy atom. The Kier molecular flexibility index (Phi) is 5.32. The molecule has 0 amide bonds. The number of para-hydroxylation sites is 3. The van der Waals surface area contributed by atoms with Gasteiger partial charge in [0.05, 0.1) is 27.8 Å². The largest absolute Gasteiger partial charge is 0.327 e. The predicted octanol–water partition coefficient (Wildman–Crippen LogP) is 9.07. The molecule has 0 N–H and O–H groups in total. The minimum atomic E-state index is 0.952. The highest BCUT2D eigenvalue weighted by Crippen LogP contribution is 2.37. The van der Waals surface area contributed by atoms with Crippen LogP contribution in [0.4, 0.5) is 0 Å². The SMILES string of the molecule is Cn1c(-c2ccc3c4ccccc4n(-c4cc(-c5ccccc5)cc(-c5ccccn5)c4)c3c2)nc2ccccc21. The van der Waals surface area contributed by atoms with Gasteiger partial charge in [0.1, 0.15) is 5.82 Å². The predicted molar refractivity (Wildman–Crippen MR) is 169 cm³/mol. The Bertz CT molecular complexity index is 2150. The quantitative estimate of drug-likeness (QED) is 0.229. The molecule has 0 aliphatic heterocycles. The van der Waals surface area contributed by atoms with Gasteiger partial charge in [-0.1, -0.05) is 78.9 Å². The lowest BCUT2D eigenvalue weighted by molar-refractivity contribution is 0.959. The van der Waals surface area contributed by atoms with Gasteiger partial charge < -0.3 is 9.13 Å². The summed E-state index contributed by atoms with van der Waals surface area (Å²) in [6, 6.07) is 47.1. The number of rotatable bonds is 4. The molecule has 0 saturated carbocycles. The number of hydrogen-bond acceptors (Lipinski definition) is 2. The van der Waals surface area contributed by atoms with Crippen LogP contribution in [0.15, 0.2) is 140 Å². The number of benzene rings is 5. The van der Waals surface area contributed by atoms with E-state index in [1.807, 2.05) is 24.4 Å². The molecule has 0 saturated heterocycles. The lowest BCUT2D eigenvalue weighted by Gasteiger charge is -2.14. The number of nitrogens with zero attached hydrogens (tertiary/aromatic N) is 4. The van der Waals surface area contributed by atoms with Crippen LogP contribution < -0.4 is 0 Å². The molecular formula is C37H26N4. The highest BCUT2D eigenvalue weighted by Gasteiger charge is 2.17. The van der Waals surface area contributed by atoms with Crippen molar-refractivity contribution in [2.45, 2.75) is 0 Å². The summed E-state index contributed by atoms with van der Waals surface area (Å²) in [4.78, 5) is 9.69. The Hall–Kier alpha value is -5.48. The molecule has 0 fully saturated rings. The standard InChI is InChI=1S/C37H26N4/c1-40-35-17-8-6-15-33(35)39-37(40)26-18-19-31-30-13-5-7-16-34(30)41(36(31)24-26)29-22-27(25-11-3-2-4-12-25)21-28(23-29)32-14-9-10-20-38-32/h2-24H,1H3. The Labute approximate surface area is 237 Å². The zero-order valence-electron chi connectivity index (χ0n) is 22.6. The Morgan fingerprint density at radius 3 is 2.07 bits per heavy atom. The van der Waals surface area contributed by atoms with Gasteiger partial charge in [-0.05, 0) is 65.7 Å². The maximum absolute atomic E-state index is 5.00. The van der Waals surface area contributed by atoms with Gasteiger partial charge in [-0.2, -0.15) is 0 Å². The van der Waals surface area contributed by atoms with E-state index < -0.39 is 0 Å². The summed E-state index contributed by atoms with van der Waals surface area (Å²) in [5.41, 5.74) is 11.0. The monoisotopic (exact) mass is 526 g/mol. The van der Waals surface area contributed by atoms with E-state index in [1.165, 1.54) is 21.9 Å².